The van der Waals surface area contributed by atoms with Gasteiger partial charge in [-0.1, -0.05) is 48.9 Å². The zero-order valence-corrected chi connectivity index (χ0v) is 13.4. The summed E-state index contributed by atoms with van der Waals surface area (Å²) in [7, 11) is 0. The lowest BCUT2D eigenvalue weighted by molar-refractivity contribution is 0.544. The van der Waals surface area contributed by atoms with Crippen LogP contribution in [0.2, 0.25) is 0 Å². The van der Waals surface area contributed by atoms with Crippen LogP contribution < -0.4 is 5.32 Å². The minimum absolute atomic E-state index is 0.193. The van der Waals surface area contributed by atoms with Crippen molar-refractivity contribution in [2.24, 2.45) is 0 Å². The third kappa shape index (κ3) is 3.68. The van der Waals surface area contributed by atoms with E-state index in [1.54, 1.807) is 6.07 Å². The van der Waals surface area contributed by atoms with E-state index in [2.05, 4.69) is 59.4 Å². The Hall–Kier alpha value is -1.19. The highest BCUT2D eigenvalue weighted by atomic mass is 79.9. The summed E-state index contributed by atoms with van der Waals surface area (Å²) in [5.74, 6) is -0.207. The number of rotatable bonds is 5. The number of halogens is 2. The SMILES string of the molecule is CCNC(Cc1cccc(F)c1Br)c1ccc(C)cc1. The van der Waals surface area contributed by atoms with E-state index in [0.29, 0.717) is 4.47 Å². The second-order valence-electron chi connectivity index (χ2n) is 4.94. The molecule has 0 amide bonds. The molecule has 0 saturated carbocycles. The van der Waals surface area contributed by atoms with Gasteiger partial charge in [-0.25, -0.2) is 4.39 Å². The van der Waals surface area contributed by atoms with Crippen LogP contribution in [0, 0.1) is 12.7 Å². The summed E-state index contributed by atoms with van der Waals surface area (Å²) < 4.78 is 14.2. The first-order valence-corrected chi connectivity index (χ1v) is 7.64. The average molecular weight is 336 g/mol. The van der Waals surface area contributed by atoms with Gasteiger partial charge >= 0.3 is 0 Å². The van der Waals surface area contributed by atoms with Crippen LogP contribution in [0.5, 0.6) is 0 Å². The molecule has 1 nitrogen and oxygen atoms in total. The van der Waals surface area contributed by atoms with Crippen molar-refractivity contribution in [3.8, 4) is 0 Å². The standard InChI is InChI=1S/C17H19BrFN/c1-3-20-16(13-9-7-12(2)8-10-13)11-14-5-4-6-15(19)17(14)18/h4-10,16,20H,3,11H2,1-2H3. The van der Waals surface area contributed by atoms with Crippen molar-refractivity contribution >= 4 is 15.9 Å². The van der Waals surface area contributed by atoms with Gasteiger partial charge in [-0.15, -0.1) is 0 Å². The summed E-state index contributed by atoms with van der Waals surface area (Å²) in [5.41, 5.74) is 3.46. The van der Waals surface area contributed by atoms with Crippen molar-refractivity contribution in [2.45, 2.75) is 26.3 Å². The first kappa shape index (κ1) is 15.2. The van der Waals surface area contributed by atoms with Gasteiger partial charge in [0, 0.05) is 6.04 Å². The van der Waals surface area contributed by atoms with Crippen molar-refractivity contribution < 1.29 is 4.39 Å². The molecule has 0 radical (unpaired) electrons. The lowest BCUT2D eigenvalue weighted by atomic mass is 9.98. The van der Waals surface area contributed by atoms with Gasteiger partial charge in [-0.3, -0.25) is 0 Å². The fourth-order valence-corrected chi connectivity index (χ4v) is 2.71. The maximum atomic E-state index is 13.6. The molecular formula is C17H19BrFN. The molecule has 1 unspecified atom stereocenters. The fourth-order valence-electron chi connectivity index (χ4n) is 2.28. The monoisotopic (exact) mass is 335 g/mol. The summed E-state index contributed by atoms with van der Waals surface area (Å²) in [6.45, 7) is 5.04. The minimum atomic E-state index is -0.207. The van der Waals surface area contributed by atoms with E-state index in [0.717, 1.165) is 18.5 Å². The number of nitrogens with one attached hydrogen (secondary N) is 1. The van der Waals surface area contributed by atoms with Gasteiger partial charge in [0.15, 0.2) is 0 Å². The summed E-state index contributed by atoms with van der Waals surface area (Å²) >= 11 is 3.34. The number of likely N-dealkylation sites (N-methyl/N-ethyl adjacent to an activating group) is 1. The molecule has 2 rings (SSSR count). The molecule has 0 saturated heterocycles. The topological polar surface area (TPSA) is 12.0 Å². The van der Waals surface area contributed by atoms with Crippen molar-refractivity contribution in [1.82, 2.24) is 5.32 Å². The lowest BCUT2D eigenvalue weighted by Gasteiger charge is -2.19. The summed E-state index contributed by atoms with van der Waals surface area (Å²) in [4.78, 5) is 0. The Bertz CT molecular complexity index is 566. The van der Waals surface area contributed by atoms with Gasteiger partial charge in [0.25, 0.3) is 0 Å². The smallest absolute Gasteiger partial charge is 0.137 e. The largest absolute Gasteiger partial charge is 0.310 e. The van der Waals surface area contributed by atoms with Crippen molar-refractivity contribution in [3.05, 3.63) is 69.4 Å². The Balaban J connectivity index is 2.25. The van der Waals surface area contributed by atoms with Crippen LogP contribution in [-0.4, -0.2) is 6.54 Å². The van der Waals surface area contributed by atoms with Crippen LogP contribution >= 0.6 is 15.9 Å². The maximum Gasteiger partial charge on any atom is 0.137 e. The molecule has 0 bridgehead atoms. The summed E-state index contributed by atoms with van der Waals surface area (Å²) in [5, 5.41) is 3.47. The second-order valence-corrected chi connectivity index (χ2v) is 5.73. The third-order valence-corrected chi connectivity index (χ3v) is 4.27. The van der Waals surface area contributed by atoms with E-state index < -0.39 is 0 Å². The van der Waals surface area contributed by atoms with Crippen LogP contribution in [0.1, 0.15) is 29.7 Å². The van der Waals surface area contributed by atoms with Crippen LogP contribution in [0.4, 0.5) is 4.39 Å². The molecule has 3 heteroatoms. The fraction of sp³-hybridized carbons (Fsp3) is 0.294. The molecule has 0 spiro atoms. The Morgan fingerprint density at radius 1 is 1.15 bits per heavy atom. The Labute approximate surface area is 128 Å². The van der Waals surface area contributed by atoms with Crippen molar-refractivity contribution in [1.29, 1.82) is 0 Å². The van der Waals surface area contributed by atoms with Crippen molar-refractivity contribution in [3.63, 3.8) is 0 Å². The molecule has 2 aromatic rings. The second kappa shape index (κ2) is 7.00. The number of hydrogen-bond donors (Lipinski definition) is 1. The quantitative estimate of drug-likeness (QED) is 0.828. The predicted octanol–water partition coefficient (Wildman–Crippen LogP) is 4.79. The van der Waals surface area contributed by atoms with E-state index in [1.807, 2.05) is 6.07 Å². The van der Waals surface area contributed by atoms with Gasteiger partial charge in [-0.05, 0) is 53.0 Å². The molecule has 0 aromatic heterocycles. The summed E-state index contributed by atoms with van der Waals surface area (Å²) in [6, 6.07) is 13.9. The molecule has 20 heavy (non-hydrogen) atoms. The third-order valence-electron chi connectivity index (χ3n) is 3.39. The number of aryl methyl sites for hydroxylation is 1. The molecule has 0 aliphatic carbocycles. The normalized spacial score (nSPS) is 12.4. The van der Waals surface area contributed by atoms with Crippen LogP contribution in [0.15, 0.2) is 46.9 Å². The van der Waals surface area contributed by atoms with Gasteiger partial charge in [0.05, 0.1) is 4.47 Å². The molecule has 0 fully saturated rings. The molecule has 2 aromatic carbocycles. The Morgan fingerprint density at radius 2 is 1.85 bits per heavy atom. The van der Waals surface area contributed by atoms with Crippen LogP contribution in [-0.2, 0) is 6.42 Å². The highest BCUT2D eigenvalue weighted by molar-refractivity contribution is 9.10. The lowest BCUT2D eigenvalue weighted by Crippen LogP contribution is -2.23. The highest BCUT2D eigenvalue weighted by Gasteiger charge is 2.14. The molecule has 0 aliphatic rings. The Kier molecular flexibility index (Phi) is 5.32. The zero-order chi connectivity index (χ0) is 14.5. The first-order valence-electron chi connectivity index (χ1n) is 6.84. The van der Waals surface area contributed by atoms with Crippen LogP contribution in [0.3, 0.4) is 0 Å². The van der Waals surface area contributed by atoms with Gasteiger partial charge in [0.2, 0.25) is 0 Å². The van der Waals surface area contributed by atoms with Gasteiger partial charge in [-0.2, -0.15) is 0 Å². The van der Waals surface area contributed by atoms with E-state index in [-0.39, 0.29) is 11.9 Å². The molecule has 0 aliphatic heterocycles. The van der Waals surface area contributed by atoms with E-state index in [9.17, 15) is 4.39 Å². The highest BCUT2D eigenvalue weighted by Crippen LogP contribution is 2.26. The molecule has 106 valence electrons. The minimum Gasteiger partial charge on any atom is -0.310 e. The molecule has 0 heterocycles. The zero-order valence-electron chi connectivity index (χ0n) is 11.8. The van der Waals surface area contributed by atoms with Crippen molar-refractivity contribution in [2.75, 3.05) is 6.54 Å². The summed E-state index contributed by atoms with van der Waals surface area (Å²) in [6.07, 6.45) is 0.759. The molecule has 1 N–H and O–H groups in total. The van der Waals surface area contributed by atoms with E-state index in [4.69, 9.17) is 0 Å². The maximum absolute atomic E-state index is 13.6. The van der Waals surface area contributed by atoms with Crippen LogP contribution in [0.25, 0.3) is 0 Å². The predicted molar refractivity (Wildman–Crippen MR) is 85.4 cm³/mol. The first-order chi connectivity index (χ1) is 9.61. The van der Waals surface area contributed by atoms with E-state index >= 15 is 0 Å². The Morgan fingerprint density at radius 3 is 2.50 bits per heavy atom. The molecule has 1 atom stereocenters. The number of benzene rings is 2. The average Bonchev–Trinajstić information content (AvgIpc) is 2.44. The number of hydrogen-bond acceptors (Lipinski definition) is 1. The van der Waals surface area contributed by atoms with Gasteiger partial charge in [0.1, 0.15) is 5.82 Å². The van der Waals surface area contributed by atoms with Gasteiger partial charge < -0.3 is 5.32 Å². The van der Waals surface area contributed by atoms with E-state index in [1.165, 1.54) is 17.2 Å². The molecular weight excluding hydrogens is 317 g/mol.